The molecule has 1 aromatic carbocycles. The van der Waals surface area contributed by atoms with Crippen LogP contribution in [0.15, 0.2) is 36.7 Å². The summed E-state index contributed by atoms with van der Waals surface area (Å²) in [5, 5.41) is 12.4. The summed E-state index contributed by atoms with van der Waals surface area (Å²) in [6.07, 6.45) is 3.70. The predicted octanol–water partition coefficient (Wildman–Crippen LogP) is 2.31. The maximum Gasteiger partial charge on any atom is 0.356 e. The molecule has 26 heavy (non-hydrogen) atoms. The average molecular weight is 376 g/mol. The Morgan fingerprint density at radius 3 is 2.42 bits per heavy atom. The summed E-state index contributed by atoms with van der Waals surface area (Å²) < 4.78 is 5.48. The van der Waals surface area contributed by atoms with Gasteiger partial charge in [0.2, 0.25) is 0 Å². The van der Waals surface area contributed by atoms with Gasteiger partial charge in [-0.15, -0.1) is 0 Å². The Morgan fingerprint density at radius 2 is 1.81 bits per heavy atom. The molecule has 0 bridgehead atoms. The second kappa shape index (κ2) is 7.80. The highest BCUT2D eigenvalue weighted by atomic mass is 35.5. The number of nitrogens with one attached hydrogen (secondary N) is 1. The molecule has 0 aliphatic carbocycles. The minimum absolute atomic E-state index is 0.0661. The van der Waals surface area contributed by atoms with E-state index in [1.165, 1.54) is 0 Å². The van der Waals surface area contributed by atoms with E-state index in [1.807, 2.05) is 24.3 Å². The van der Waals surface area contributed by atoms with E-state index < -0.39 is 11.9 Å². The van der Waals surface area contributed by atoms with Gasteiger partial charge in [0.25, 0.3) is 5.91 Å². The van der Waals surface area contributed by atoms with Crippen molar-refractivity contribution in [1.82, 2.24) is 15.3 Å². The number of aromatic carboxylic acids is 1. The topological polar surface area (TPSA) is 101 Å². The first kappa shape index (κ1) is 18.3. The van der Waals surface area contributed by atoms with Crippen molar-refractivity contribution in [3.63, 3.8) is 0 Å². The number of halogens is 1. The maximum atomic E-state index is 12.4. The molecule has 2 N–H and O–H groups in total. The van der Waals surface area contributed by atoms with Crippen LogP contribution >= 0.6 is 11.6 Å². The number of aromatic nitrogens is 2. The van der Waals surface area contributed by atoms with E-state index in [9.17, 15) is 9.59 Å². The van der Waals surface area contributed by atoms with Crippen LogP contribution in [0.4, 0.5) is 0 Å². The normalized spacial score (nSPS) is 16.0. The smallest absolute Gasteiger partial charge is 0.356 e. The Hall–Kier alpha value is -2.51. The van der Waals surface area contributed by atoms with Gasteiger partial charge in [-0.1, -0.05) is 29.8 Å². The van der Waals surface area contributed by atoms with Crippen LogP contribution < -0.4 is 5.32 Å². The molecule has 2 aromatic rings. The standard InChI is InChI=1S/C18H18ClN3O4/c19-13-4-2-1-3-12(13)18(5-7-26-8-6-18)11-22-16(23)14-9-21-15(10-20-14)17(24)25/h1-4,9-10H,5-8,11H2,(H,22,23)(H,24,25). The maximum absolute atomic E-state index is 12.4. The first-order chi connectivity index (χ1) is 12.5. The predicted molar refractivity (Wildman–Crippen MR) is 94.5 cm³/mol. The van der Waals surface area contributed by atoms with E-state index in [0.717, 1.165) is 30.8 Å². The van der Waals surface area contributed by atoms with Gasteiger partial charge in [0, 0.05) is 30.2 Å². The summed E-state index contributed by atoms with van der Waals surface area (Å²) in [6.45, 7) is 1.56. The zero-order valence-corrected chi connectivity index (χ0v) is 14.7. The number of nitrogens with zero attached hydrogens (tertiary/aromatic N) is 2. The number of rotatable bonds is 5. The highest BCUT2D eigenvalue weighted by Crippen LogP contribution is 2.38. The number of carbonyl (C=O) groups excluding carboxylic acids is 1. The Balaban J connectivity index is 1.77. The van der Waals surface area contributed by atoms with Gasteiger partial charge in [-0.2, -0.15) is 0 Å². The summed E-state index contributed by atoms with van der Waals surface area (Å²) >= 11 is 6.40. The lowest BCUT2D eigenvalue weighted by atomic mass is 9.74. The van der Waals surface area contributed by atoms with E-state index in [2.05, 4.69) is 15.3 Å². The van der Waals surface area contributed by atoms with Gasteiger partial charge in [0.05, 0.1) is 12.4 Å². The first-order valence-electron chi connectivity index (χ1n) is 8.18. The van der Waals surface area contributed by atoms with Crippen molar-refractivity contribution in [2.45, 2.75) is 18.3 Å². The highest BCUT2D eigenvalue weighted by molar-refractivity contribution is 6.31. The van der Waals surface area contributed by atoms with Crippen molar-refractivity contribution in [3.8, 4) is 0 Å². The van der Waals surface area contributed by atoms with Gasteiger partial charge in [-0.25, -0.2) is 14.8 Å². The van der Waals surface area contributed by atoms with Gasteiger partial charge in [-0.05, 0) is 24.5 Å². The minimum atomic E-state index is -1.19. The van der Waals surface area contributed by atoms with Gasteiger partial charge < -0.3 is 15.2 Å². The Kier molecular flexibility index (Phi) is 5.49. The highest BCUT2D eigenvalue weighted by Gasteiger charge is 2.36. The number of carboxylic acid groups (broad SMARTS) is 1. The van der Waals surface area contributed by atoms with Gasteiger partial charge in [0.15, 0.2) is 5.69 Å². The number of hydrogen-bond donors (Lipinski definition) is 2. The molecule has 7 nitrogen and oxygen atoms in total. The molecule has 1 aliphatic heterocycles. The van der Waals surface area contributed by atoms with Crippen LogP contribution in [0.1, 0.15) is 39.4 Å². The number of ether oxygens (including phenoxy) is 1. The molecule has 1 saturated heterocycles. The fraction of sp³-hybridized carbons (Fsp3) is 0.333. The number of benzene rings is 1. The third-order valence-electron chi connectivity index (χ3n) is 4.59. The van der Waals surface area contributed by atoms with Crippen LogP contribution in [0.5, 0.6) is 0 Å². The molecular formula is C18H18ClN3O4. The lowest BCUT2D eigenvalue weighted by Crippen LogP contribution is -2.45. The molecule has 1 aromatic heterocycles. The van der Waals surface area contributed by atoms with Crippen molar-refractivity contribution >= 4 is 23.5 Å². The average Bonchev–Trinajstić information content (AvgIpc) is 2.67. The molecule has 0 unspecified atom stereocenters. The number of carbonyl (C=O) groups is 2. The van der Waals surface area contributed by atoms with Crippen LogP contribution in [0.2, 0.25) is 5.02 Å². The first-order valence-corrected chi connectivity index (χ1v) is 8.56. The second-order valence-corrected chi connectivity index (χ2v) is 6.55. The largest absolute Gasteiger partial charge is 0.476 e. The molecule has 8 heteroatoms. The molecule has 1 amide bonds. The molecule has 0 radical (unpaired) electrons. The molecule has 0 atom stereocenters. The summed E-state index contributed by atoms with van der Waals surface area (Å²) in [4.78, 5) is 30.8. The summed E-state index contributed by atoms with van der Waals surface area (Å²) in [5.74, 6) is -1.60. The fourth-order valence-corrected chi connectivity index (χ4v) is 3.43. The van der Waals surface area contributed by atoms with Crippen molar-refractivity contribution < 1.29 is 19.4 Å². The molecule has 1 aliphatic rings. The number of carboxylic acids is 1. The quantitative estimate of drug-likeness (QED) is 0.831. The monoisotopic (exact) mass is 375 g/mol. The van der Waals surface area contributed by atoms with Crippen LogP contribution in [0.25, 0.3) is 0 Å². The van der Waals surface area contributed by atoms with Crippen LogP contribution in [0.3, 0.4) is 0 Å². The number of amides is 1. The molecule has 136 valence electrons. The Bertz CT molecular complexity index is 804. The fourth-order valence-electron chi connectivity index (χ4n) is 3.09. The van der Waals surface area contributed by atoms with Crippen molar-refractivity contribution in [3.05, 3.63) is 58.6 Å². The molecule has 0 saturated carbocycles. The van der Waals surface area contributed by atoms with Gasteiger partial charge in [-0.3, -0.25) is 4.79 Å². The van der Waals surface area contributed by atoms with E-state index in [1.54, 1.807) is 0 Å². The van der Waals surface area contributed by atoms with E-state index in [0.29, 0.717) is 24.8 Å². The summed E-state index contributed by atoms with van der Waals surface area (Å²) in [5.41, 5.74) is 0.521. The minimum Gasteiger partial charge on any atom is -0.476 e. The second-order valence-electron chi connectivity index (χ2n) is 6.15. The zero-order valence-electron chi connectivity index (χ0n) is 13.9. The summed E-state index contributed by atoms with van der Waals surface area (Å²) in [7, 11) is 0. The third-order valence-corrected chi connectivity index (χ3v) is 4.92. The lowest BCUT2D eigenvalue weighted by molar-refractivity contribution is 0.0487. The van der Waals surface area contributed by atoms with Crippen LogP contribution in [-0.4, -0.2) is 46.7 Å². The van der Waals surface area contributed by atoms with Crippen molar-refractivity contribution in [1.29, 1.82) is 0 Å². The van der Waals surface area contributed by atoms with E-state index in [4.69, 9.17) is 21.4 Å². The van der Waals surface area contributed by atoms with Crippen molar-refractivity contribution in [2.24, 2.45) is 0 Å². The van der Waals surface area contributed by atoms with E-state index in [-0.39, 0.29) is 16.8 Å². The Morgan fingerprint density at radius 1 is 1.15 bits per heavy atom. The lowest BCUT2D eigenvalue weighted by Gasteiger charge is -2.38. The molecule has 1 fully saturated rings. The molecule has 3 rings (SSSR count). The zero-order chi connectivity index (χ0) is 18.6. The van der Waals surface area contributed by atoms with Gasteiger partial charge >= 0.3 is 5.97 Å². The van der Waals surface area contributed by atoms with Gasteiger partial charge in [0.1, 0.15) is 5.69 Å². The molecular weight excluding hydrogens is 358 g/mol. The van der Waals surface area contributed by atoms with Crippen LogP contribution in [0, 0.1) is 0 Å². The molecule has 0 spiro atoms. The number of hydrogen-bond acceptors (Lipinski definition) is 5. The van der Waals surface area contributed by atoms with Crippen molar-refractivity contribution in [2.75, 3.05) is 19.8 Å². The third kappa shape index (κ3) is 3.84. The van der Waals surface area contributed by atoms with Crippen LogP contribution in [-0.2, 0) is 10.2 Å². The summed E-state index contributed by atoms with van der Waals surface area (Å²) in [6, 6.07) is 7.61. The molecule has 2 heterocycles. The van der Waals surface area contributed by atoms with E-state index >= 15 is 0 Å². The SMILES string of the molecule is O=C(O)c1cnc(C(=O)NCC2(c3ccccc3Cl)CCOCC2)cn1. The Labute approximate surface area is 155 Å².